The lowest BCUT2D eigenvalue weighted by Gasteiger charge is -1.97. The summed E-state index contributed by atoms with van der Waals surface area (Å²) in [5.74, 6) is 0. The standard InChI is InChI=1S/C10H12N2O2/c1-7-10(11(7)2)8-3-5-9(6-4-8)12(13)14/h3-7,10H,1-2H3. The summed E-state index contributed by atoms with van der Waals surface area (Å²) in [6.45, 7) is 2.14. The molecule has 0 bridgehead atoms. The first-order valence-electron chi connectivity index (χ1n) is 4.57. The molecule has 3 atom stereocenters. The lowest BCUT2D eigenvalue weighted by molar-refractivity contribution is -0.384. The van der Waals surface area contributed by atoms with Crippen molar-refractivity contribution in [1.82, 2.24) is 4.90 Å². The van der Waals surface area contributed by atoms with Gasteiger partial charge in [-0.2, -0.15) is 0 Å². The second-order valence-corrected chi connectivity index (χ2v) is 3.70. The highest BCUT2D eigenvalue weighted by Crippen LogP contribution is 2.40. The Labute approximate surface area is 82.3 Å². The fourth-order valence-corrected chi connectivity index (χ4v) is 1.80. The van der Waals surface area contributed by atoms with E-state index in [9.17, 15) is 10.1 Å². The highest BCUT2D eigenvalue weighted by Gasteiger charge is 2.41. The van der Waals surface area contributed by atoms with Crippen LogP contribution >= 0.6 is 0 Å². The third kappa shape index (κ3) is 1.37. The molecule has 1 aromatic carbocycles. The number of rotatable bonds is 2. The fraction of sp³-hybridized carbons (Fsp3) is 0.400. The van der Waals surface area contributed by atoms with Crippen LogP contribution in [-0.4, -0.2) is 22.9 Å². The average molecular weight is 192 g/mol. The quantitative estimate of drug-likeness (QED) is 0.409. The molecule has 3 unspecified atom stereocenters. The Morgan fingerprint density at radius 2 is 1.86 bits per heavy atom. The summed E-state index contributed by atoms with van der Waals surface area (Å²) >= 11 is 0. The highest BCUT2D eigenvalue weighted by atomic mass is 16.6. The second kappa shape index (κ2) is 3.06. The van der Waals surface area contributed by atoms with E-state index in [1.54, 1.807) is 12.1 Å². The van der Waals surface area contributed by atoms with Crippen LogP contribution in [0.3, 0.4) is 0 Å². The van der Waals surface area contributed by atoms with E-state index in [-0.39, 0.29) is 10.6 Å². The molecule has 14 heavy (non-hydrogen) atoms. The summed E-state index contributed by atoms with van der Waals surface area (Å²) in [5.41, 5.74) is 1.32. The van der Waals surface area contributed by atoms with Crippen LogP contribution in [0.5, 0.6) is 0 Å². The van der Waals surface area contributed by atoms with Gasteiger partial charge in [-0.3, -0.25) is 15.0 Å². The van der Waals surface area contributed by atoms with Gasteiger partial charge in [-0.05, 0) is 19.5 Å². The van der Waals surface area contributed by atoms with Gasteiger partial charge >= 0.3 is 0 Å². The van der Waals surface area contributed by atoms with Gasteiger partial charge in [-0.1, -0.05) is 12.1 Å². The molecule has 0 N–H and O–H groups in total. The maximum absolute atomic E-state index is 10.4. The van der Waals surface area contributed by atoms with Crippen LogP contribution in [0.2, 0.25) is 0 Å². The number of non-ortho nitro benzene ring substituents is 1. The number of likely N-dealkylation sites (N-methyl/N-ethyl adjacent to an activating group) is 1. The predicted octanol–water partition coefficient (Wildman–Crippen LogP) is 1.97. The molecule has 1 aromatic rings. The van der Waals surface area contributed by atoms with Gasteiger partial charge in [0, 0.05) is 18.2 Å². The van der Waals surface area contributed by atoms with Crippen LogP contribution < -0.4 is 0 Å². The Bertz CT molecular complexity index is 353. The van der Waals surface area contributed by atoms with Crippen molar-refractivity contribution in [3.05, 3.63) is 39.9 Å². The van der Waals surface area contributed by atoms with Crippen LogP contribution in [0.1, 0.15) is 18.5 Å². The summed E-state index contributed by atoms with van der Waals surface area (Å²) in [5, 5.41) is 10.4. The monoisotopic (exact) mass is 192 g/mol. The molecule has 1 fully saturated rings. The third-order valence-corrected chi connectivity index (χ3v) is 2.89. The predicted molar refractivity (Wildman–Crippen MR) is 53.1 cm³/mol. The van der Waals surface area contributed by atoms with Crippen molar-refractivity contribution in [2.45, 2.75) is 19.0 Å². The maximum atomic E-state index is 10.4. The van der Waals surface area contributed by atoms with Crippen molar-refractivity contribution in [2.75, 3.05) is 7.05 Å². The average Bonchev–Trinajstić information content (AvgIpc) is 2.75. The number of nitrogens with zero attached hydrogens (tertiary/aromatic N) is 2. The Morgan fingerprint density at radius 1 is 1.36 bits per heavy atom. The number of nitro groups is 1. The minimum Gasteiger partial charge on any atom is -0.293 e. The third-order valence-electron chi connectivity index (χ3n) is 2.89. The highest BCUT2D eigenvalue weighted by molar-refractivity contribution is 5.36. The van der Waals surface area contributed by atoms with Crippen molar-refractivity contribution in [3.63, 3.8) is 0 Å². The van der Waals surface area contributed by atoms with Gasteiger partial charge < -0.3 is 0 Å². The van der Waals surface area contributed by atoms with Crippen LogP contribution in [0, 0.1) is 10.1 Å². The van der Waals surface area contributed by atoms with Gasteiger partial charge in [-0.25, -0.2) is 0 Å². The topological polar surface area (TPSA) is 46.1 Å². The Balaban J connectivity index is 2.19. The molecule has 0 aliphatic carbocycles. The smallest absolute Gasteiger partial charge is 0.269 e. The van der Waals surface area contributed by atoms with Crippen molar-refractivity contribution in [2.24, 2.45) is 0 Å². The first-order valence-corrected chi connectivity index (χ1v) is 4.57. The Hall–Kier alpha value is -1.42. The van der Waals surface area contributed by atoms with E-state index >= 15 is 0 Å². The molecule has 1 saturated heterocycles. The van der Waals surface area contributed by atoms with Crippen molar-refractivity contribution < 1.29 is 4.92 Å². The van der Waals surface area contributed by atoms with E-state index in [0.29, 0.717) is 12.1 Å². The molecule has 0 amide bonds. The molecule has 1 aliphatic rings. The van der Waals surface area contributed by atoms with Gasteiger partial charge in [0.15, 0.2) is 0 Å². The second-order valence-electron chi connectivity index (χ2n) is 3.70. The van der Waals surface area contributed by atoms with Gasteiger partial charge in [0.25, 0.3) is 5.69 Å². The molecule has 4 heteroatoms. The minimum atomic E-state index is -0.371. The minimum absolute atomic E-state index is 0.157. The summed E-state index contributed by atoms with van der Waals surface area (Å²) < 4.78 is 0. The van der Waals surface area contributed by atoms with E-state index in [0.717, 1.165) is 5.56 Å². The SMILES string of the molecule is CC1C(c2ccc([N+](=O)[O-])cc2)N1C. The Morgan fingerprint density at radius 3 is 2.21 bits per heavy atom. The maximum Gasteiger partial charge on any atom is 0.269 e. The van der Waals surface area contributed by atoms with Crippen LogP contribution in [-0.2, 0) is 0 Å². The van der Waals surface area contributed by atoms with Crippen LogP contribution in [0.15, 0.2) is 24.3 Å². The molecule has 0 aromatic heterocycles. The Kier molecular flexibility index (Phi) is 2.00. The van der Waals surface area contributed by atoms with E-state index in [4.69, 9.17) is 0 Å². The van der Waals surface area contributed by atoms with E-state index in [2.05, 4.69) is 18.9 Å². The number of nitro benzene ring substituents is 1. The lowest BCUT2D eigenvalue weighted by atomic mass is 10.1. The molecular weight excluding hydrogens is 180 g/mol. The van der Waals surface area contributed by atoms with E-state index in [1.165, 1.54) is 0 Å². The van der Waals surface area contributed by atoms with Gasteiger partial charge in [-0.15, -0.1) is 0 Å². The molecule has 0 radical (unpaired) electrons. The molecule has 0 spiro atoms. The summed E-state index contributed by atoms with van der Waals surface area (Å²) in [7, 11) is 2.05. The van der Waals surface area contributed by atoms with Crippen molar-refractivity contribution >= 4 is 5.69 Å². The normalized spacial score (nSPS) is 30.0. The van der Waals surface area contributed by atoms with Crippen LogP contribution in [0.4, 0.5) is 5.69 Å². The van der Waals surface area contributed by atoms with Gasteiger partial charge in [0.2, 0.25) is 0 Å². The number of hydrogen-bond donors (Lipinski definition) is 0. The fourth-order valence-electron chi connectivity index (χ4n) is 1.80. The molecule has 1 aliphatic heterocycles. The first-order chi connectivity index (χ1) is 6.61. The zero-order valence-corrected chi connectivity index (χ0v) is 8.18. The number of benzene rings is 1. The molecular formula is C10H12N2O2. The van der Waals surface area contributed by atoms with Gasteiger partial charge in [0.1, 0.15) is 0 Å². The van der Waals surface area contributed by atoms with Crippen LogP contribution in [0.25, 0.3) is 0 Å². The molecule has 2 rings (SSSR count). The lowest BCUT2D eigenvalue weighted by Crippen LogP contribution is -1.90. The molecule has 0 saturated carbocycles. The summed E-state index contributed by atoms with van der Waals surface area (Å²) in [4.78, 5) is 12.3. The molecule has 1 heterocycles. The zero-order valence-electron chi connectivity index (χ0n) is 8.18. The van der Waals surface area contributed by atoms with E-state index < -0.39 is 0 Å². The molecule has 4 nitrogen and oxygen atoms in total. The largest absolute Gasteiger partial charge is 0.293 e. The molecule has 74 valence electrons. The number of hydrogen-bond acceptors (Lipinski definition) is 3. The summed E-state index contributed by atoms with van der Waals surface area (Å²) in [6.07, 6.45) is 0. The first kappa shape index (κ1) is 9.15. The van der Waals surface area contributed by atoms with Crippen molar-refractivity contribution in [1.29, 1.82) is 0 Å². The van der Waals surface area contributed by atoms with E-state index in [1.807, 2.05) is 12.1 Å². The summed E-state index contributed by atoms with van der Waals surface area (Å²) in [6, 6.07) is 7.79. The van der Waals surface area contributed by atoms with Gasteiger partial charge in [0.05, 0.1) is 11.0 Å². The van der Waals surface area contributed by atoms with Crippen molar-refractivity contribution in [3.8, 4) is 0 Å². The zero-order chi connectivity index (χ0) is 10.3.